The number of aromatic nitrogens is 2. The molecule has 6 nitrogen and oxygen atoms in total. The maximum Gasteiger partial charge on any atom is 0.401 e. The first-order valence-corrected chi connectivity index (χ1v) is 8.91. The lowest BCUT2D eigenvalue weighted by Crippen LogP contribution is -2.28. The minimum absolute atomic E-state index is 0.0231. The number of benzene rings is 1. The molecule has 1 aliphatic rings. The number of nitrogen functional groups attached to an aromatic ring is 1. The van der Waals surface area contributed by atoms with Crippen molar-refractivity contribution < 1.29 is 22.5 Å². The van der Waals surface area contributed by atoms with Gasteiger partial charge >= 0.3 is 6.18 Å². The fourth-order valence-corrected chi connectivity index (χ4v) is 3.12. The van der Waals surface area contributed by atoms with Crippen LogP contribution in [0.3, 0.4) is 0 Å². The smallest absolute Gasteiger partial charge is 0.384 e. The average Bonchev–Trinajstić information content (AvgIpc) is 3.38. The third kappa shape index (κ3) is 3.80. The Bertz CT molecular complexity index is 1020. The van der Waals surface area contributed by atoms with E-state index in [0.717, 1.165) is 22.8 Å². The highest BCUT2D eigenvalue weighted by atomic mass is 19.4. The summed E-state index contributed by atoms with van der Waals surface area (Å²) in [6, 6.07) is 12.0. The van der Waals surface area contributed by atoms with Crippen molar-refractivity contribution in [2.75, 3.05) is 11.1 Å². The van der Waals surface area contributed by atoms with Gasteiger partial charge < -0.3 is 15.6 Å². The van der Waals surface area contributed by atoms with E-state index in [1.54, 1.807) is 24.4 Å². The number of alkyl halides is 3. The van der Waals surface area contributed by atoms with E-state index in [2.05, 4.69) is 15.5 Å². The maximum absolute atomic E-state index is 13.1. The molecule has 1 saturated carbocycles. The van der Waals surface area contributed by atoms with Crippen LogP contribution in [-0.4, -0.2) is 22.2 Å². The number of rotatable bonds is 5. The van der Waals surface area contributed by atoms with Crippen LogP contribution in [0.4, 0.5) is 24.8 Å². The lowest BCUT2D eigenvalue weighted by molar-refractivity contribution is -0.165. The summed E-state index contributed by atoms with van der Waals surface area (Å²) in [6.45, 7) is 0. The Hall–Kier alpha value is -3.36. The van der Waals surface area contributed by atoms with Gasteiger partial charge in [0.1, 0.15) is 11.2 Å². The van der Waals surface area contributed by atoms with Crippen molar-refractivity contribution in [3.63, 3.8) is 0 Å². The summed E-state index contributed by atoms with van der Waals surface area (Å²) < 4.78 is 44.2. The second-order valence-electron chi connectivity index (χ2n) is 7.05. The van der Waals surface area contributed by atoms with E-state index in [0.29, 0.717) is 5.82 Å². The summed E-state index contributed by atoms with van der Waals surface area (Å²) >= 11 is 0. The zero-order valence-corrected chi connectivity index (χ0v) is 15.2. The number of nitrogens with two attached hydrogens (primary N) is 1. The standard InChI is InChI=1S/C20H17F3N4O2/c21-20(22,23)19(7-8-19)15-10-17(27-29-15)26-18(28)9-12-1-3-13(4-2-12)14-5-6-16(24)25-11-14/h1-6,10-11H,7-9H2,(H2,24,25)(H,26,27,28). The third-order valence-electron chi connectivity index (χ3n) is 4.98. The van der Waals surface area contributed by atoms with Crippen LogP contribution < -0.4 is 11.1 Å². The number of pyridine rings is 1. The molecule has 1 fully saturated rings. The first-order chi connectivity index (χ1) is 13.8. The number of nitrogens with one attached hydrogen (secondary N) is 1. The Balaban J connectivity index is 1.38. The molecular formula is C20H17F3N4O2. The maximum atomic E-state index is 13.1. The van der Waals surface area contributed by atoms with E-state index >= 15 is 0 Å². The van der Waals surface area contributed by atoms with E-state index in [9.17, 15) is 18.0 Å². The number of hydrogen-bond donors (Lipinski definition) is 2. The number of nitrogens with zero attached hydrogens (tertiary/aromatic N) is 2. The fourth-order valence-electron chi connectivity index (χ4n) is 3.12. The van der Waals surface area contributed by atoms with E-state index in [1.807, 2.05) is 18.2 Å². The average molecular weight is 402 g/mol. The van der Waals surface area contributed by atoms with Gasteiger partial charge in [0.15, 0.2) is 11.6 Å². The number of carbonyl (C=O) groups excluding carboxylic acids is 1. The molecule has 9 heteroatoms. The van der Waals surface area contributed by atoms with Crippen LogP contribution in [0.1, 0.15) is 24.2 Å². The van der Waals surface area contributed by atoms with Gasteiger partial charge in [0, 0.05) is 17.8 Å². The lowest BCUT2D eigenvalue weighted by Gasteiger charge is -2.14. The number of hydrogen-bond acceptors (Lipinski definition) is 5. The summed E-state index contributed by atoms with van der Waals surface area (Å²) in [5.41, 5.74) is 6.17. The minimum Gasteiger partial charge on any atom is -0.384 e. The van der Waals surface area contributed by atoms with Gasteiger partial charge in [-0.15, -0.1) is 0 Å². The predicted octanol–water partition coefficient (Wildman–Crippen LogP) is 4.09. The predicted molar refractivity (Wildman–Crippen MR) is 99.9 cm³/mol. The van der Waals surface area contributed by atoms with Crippen molar-refractivity contribution in [3.8, 4) is 11.1 Å². The Morgan fingerprint density at radius 2 is 1.83 bits per heavy atom. The molecular weight excluding hydrogens is 385 g/mol. The van der Waals surface area contributed by atoms with Crippen molar-refractivity contribution >= 4 is 17.5 Å². The van der Waals surface area contributed by atoms with Crippen LogP contribution in [0, 0.1) is 0 Å². The molecule has 1 aliphatic carbocycles. The highest BCUT2D eigenvalue weighted by Gasteiger charge is 2.66. The molecule has 0 radical (unpaired) electrons. The van der Waals surface area contributed by atoms with Crippen molar-refractivity contribution in [2.45, 2.75) is 30.9 Å². The molecule has 3 N–H and O–H groups in total. The van der Waals surface area contributed by atoms with Crippen molar-refractivity contribution in [3.05, 3.63) is 60.0 Å². The van der Waals surface area contributed by atoms with Gasteiger partial charge in [-0.05, 0) is 36.1 Å². The van der Waals surface area contributed by atoms with Gasteiger partial charge in [0.05, 0.1) is 6.42 Å². The number of amides is 1. The SMILES string of the molecule is Nc1ccc(-c2ccc(CC(=O)Nc3cc(C4(C(F)(F)F)CC4)on3)cc2)cn1. The number of halogens is 3. The molecule has 1 amide bonds. The van der Waals surface area contributed by atoms with Crippen LogP contribution in [0.5, 0.6) is 0 Å². The monoisotopic (exact) mass is 402 g/mol. The Morgan fingerprint density at radius 3 is 2.41 bits per heavy atom. The second kappa shape index (κ2) is 6.91. The largest absolute Gasteiger partial charge is 0.401 e. The van der Waals surface area contributed by atoms with Gasteiger partial charge in [-0.2, -0.15) is 13.2 Å². The molecule has 3 aromatic rings. The lowest BCUT2D eigenvalue weighted by atomic mass is 10.0. The van der Waals surface area contributed by atoms with Gasteiger partial charge in [-0.1, -0.05) is 29.4 Å². The van der Waals surface area contributed by atoms with Crippen LogP contribution in [0.25, 0.3) is 11.1 Å². The fraction of sp³-hybridized carbons (Fsp3) is 0.250. The zero-order valence-electron chi connectivity index (χ0n) is 15.2. The molecule has 0 unspecified atom stereocenters. The Labute approximate surface area is 163 Å². The van der Waals surface area contributed by atoms with Gasteiger partial charge in [-0.3, -0.25) is 4.79 Å². The molecule has 0 saturated heterocycles. The molecule has 29 heavy (non-hydrogen) atoms. The van der Waals surface area contributed by atoms with Crippen LogP contribution in [0.15, 0.2) is 53.2 Å². The summed E-state index contributed by atoms with van der Waals surface area (Å²) in [5, 5.41) is 6.03. The quantitative estimate of drug-likeness (QED) is 0.670. The molecule has 0 bridgehead atoms. The molecule has 0 aliphatic heterocycles. The summed E-state index contributed by atoms with van der Waals surface area (Å²) in [6.07, 6.45) is -2.75. The van der Waals surface area contributed by atoms with Crippen molar-refractivity contribution in [2.24, 2.45) is 0 Å². The Kier molecular flexibility index (Phi) is 4.52. The molecule has 0 atom stereocenters. The normalized spacial score (nSPS) is 15.1. The number of anilines is 2. The van der Waals surface area contributed by atoms with Crippen LogP contribution in [-0.2, 0) is 16.6 Å². The molecule has 2 aromatic heterocycles. The Morgan fingerprint density at radius 1 is 1.14 bits per heavy atom. The highest BCUT2D eigenvalue weighted by molar-refractivity contribution is 5.91. The first-order valence-electron chi connectivity index (χ1n) is 8.91. The molecule has 2 heterocycles. The summed E-state index contributed by atoms with van der Waals surface area (Å²) in [4.78, 5) is 16.2. The summed E-state index contributed by atoms with van der Waals surface area (Å²) in [7, 11) is 0. The third-order valence-corrected chi connectivity index (χ3v) is 4.98. The second-order valence-corrected chi connectivity index (χ2v) is 7.05. The molecule has 1 aromatic carbocycles. The van der Waals surface area contributed by atoms with Crippen molar-refractivity contribution in [1.29, 1.82) is 0 Å². The number of carbonyl (C=O) groups is 1. The topological polar surface area (TPSA) is 94.0 Å². The molecule has 150 valence electrons. The van der Waals surface area contributed by atoms with Gasteiger partial charge in [0.25, 0.3) is 0 Å². The van der Waals surface area contributed by atoms with E-state index in [-0.39, 0.29) is 30.8 Å². The zero-order chi connectivity index (χ0) is 20.6. The highest BCUT2D eigenvalue weighted by Crippen LogP contribution is 2.59. The van der Waals surface area contributed by atoms with Crippen LogP contribution >= 0.6 is 0 Å². The van der Waals surface area contributed by atoms with Gasteiger partial charge in [0.2, 0.25) is 5.91 Å². The first kappa shape index (κ1) is 19.0. The minimum atomic E-state index is -4.39. The van der Waals surface area contributed by atoms with E-state index in [1.165, 1.54) is 0 Å². The molecule has 0 spiro atoms. The van der Waals surface area contributed by atoms with Crippen LogP contribution in [0.2, 0.25) is 0 Å². The molecule has 4 rings (SSSR count). The summed E-state index contributed by atoms with van der Waals surface area (Å²) in [5.74, 6) is -0.253. The van der Waals surface area contributed by atoms with E-state index < -0.39 is 17.5 Å². The van der Waals surface area contributed by atoms with E-state index in [4.69, 9.17) is 10.3 Å². The van der Waals surface area contributed by atoms with Gasteiger partial charge in [-0.25, -0.2) is 4.98 Å². The van der Waals surface area contributed by atoms with Crippen molar-refractivity contribution in [1.82, 2.24) is 10.1 Å².